The summed E-state index contributed by atoms with van der Waals surface area (Å²) in [6.07, 6.45) is 6.70. The van der Waals surface area contributed by atoms with E-state index in [1.165, 1.54) is 12.3 Å². The van der Waals surface area contributed by atoms with Gasteiger partial charge in [-0.2, -0.15) is 13.2 Å². The van der Waals surface area contributed by atoms with E-state index in [-0.39, 0.29) is 23.9 Å². The molecule has 1 fully saturated rings. The van der Waals surface area contributed by atoms with Crippen LogP contribution in [0.25, 0.3) is 0 Å². The van der Waals surface area contributed by atoms with Gasteiger partial charge in [0, 0.05) is 31.9 Å². The third-order valence-corrected chi connectivity index (χ3v) is 5.13. The Labute approximate surface area is 156 Å². The van der Waals surface area contributed by atoms with Gasteiger partial charge < -0.3 is 15.0 Å². The Bertz CT molecular complexity index is 693. The molecule has 27 heavy (non-hydrogen) atoms. The van der Waals surface area contributed by atoms with E-state index in [1.807, 2.05) is 4.90 Å². The summed E-state index contributed by atoms with van der Waals surface area (Å²) in [7, 11) is 0. The van der Waals surface area contributed by atoms with Gasteiger partial charge >= 0.3 is 12.2 Å². The van der Waals surface area contributed by atoms with Crippen LogP contribution in [0, 0.1) is 5.41 Å². The van der Waals surface area contributed by atoms with E-state index in [9.17, 15) is 18.0 Å². The molecule has 8 heteroatoms. The molecule has 0 bridgehead atoms. The van der Waals surface area contributed by atoms with Crippen molar-refractivity contribution in [2.45, 2.75) is 44.8 Å². The van der Waals surface area contributed by atoms with Crippen LogP contribution in [0.15, 0.2) is 30.5 Å². The first-order chi connectivity index (χ1) is 12.9. The van der Waals surface area contributed by atoms with Gasteiger partial charge in [-0.15, -0.1) is 0 Å². The number of halogens is 3. The number of allylic oxidation sites excluding steroid dienone is 2. The van der Waals surface area contributed by atoms with E-state index in [2.05, 4.69) is 27.2 Å². The van der Waals surface area contributed by atoms with Crippen LogP contribution in [0.5, 0.6) is 5.88 Å². The number of urea groups is 1. The molecule has 1 aromatic heterocycles. The maximum Gasteiger partial charge on any atom is 0.422 e. The summed E-state index contributed by atoms with van der Waals surface area (Å²) >= 11 is 0. The lowest BCUT2D eigenvalue weighted by atomic mass is 9.71. The summed E-state index contributed by atoms with van der Waals surface area (Å²) in [6.45, 7) is 0.306. The number of aromatic nitrogens is 1. The first kappa shape index (κ1) is 19.5. The molecule has 1 N–H and O–H groups in total. The normalized spacial score (nSPS) is 22.7. The second kappa shape index (κ2) is 8.19. The van der Waals surface area contributed by atoms with Crippen molar-refractivity contribution in [2.24, 2.45) is 5.41 Å². The van der Waals surface area contributed by atoms with Crippen molar-refractivity contribution in [3.8, 4) is 5.88 Å². The Morgan fingerprint density at radius 3 is 2.93 bits per heavy atom. The molecular weight excluding hydrogens is 359 g/mol. The number of nitrogens with one attached hydrogen (secondary N) is 1. The number of hydrogen-bond acceptors (Lipinski definition) is 3. The van der Waals surface area contributed by atoms with Gasteiger partial charge in [0.2, 0.25) is 5.88 Å². The Kier molecular flexibility index (Phi) is 5.92. The smallest absolute Gasteiger partial charge is 0.422 e. The topological polar surface area (TPSA) is 54.5 Å². The van der Waals surface area contributed by atoms with Crippen molar-refractivity contribution in [3.05, 3.63) is 36.0 Å². The van der Waals surface area contributed by atoms with Gasteiger partial charge in [0.25, 0.3) is 0 Å². The summed E-state index contributed by atoms with van der Waals surface area (Å²) in [5, 5.41) is 2.85. The van der Waals surface area contributed by atoms with Crippen molar-refractivity contribution < 1.29 is 22.7 Å². The van der Waals surface area contributed by atoms with E-state index in [0.717, 1.165) is 45.2 Å². The summed E-state index contributed by atoms with van der Waals surface area (Å²) < 4.78 is 41.3. The van der Waals surface area contributed by atoms with Gasteiger partial charge in [-0.25, -0.2) is 9.78 Å². The predicted octanol–water partition coefficient (Wildman–Crippen LogP) is 4.05. The average molecular weight is 383 g/mol. The number of carbonyl (C=O) groups excluding carboxylic acids is 1. The fourth-order valence-corrected chi connectivity index (χ4v) is 3.78. The number of rotatable bonds is 4. The fraction of sp³-hybridized carbons (Fsp3) is 0.579. The first-order valence-electron chi connectivity index (χ1n) is 9.18. The Morgan fingerprint density at radius 1 is 1.33 bits per heavy atom. The molecule has 0 saturated carbocycles. The maximum atomic E-state index is 12.5. The van der Waals surface area contributed by atoms with Crippen LogP contribution >= 0.6 is 0 Å². The van der Waals surface area contributed by atoms with Gasteiger partial charge in [0.1, 0.15) is 0 Å². The Morgan fingerprint density at radius 2 is 2.19 bits per heavy atom. The third kappa shape index (κ3) is 5.61. The molecule has 1 aromatic rings. The highest BCUT2D eigenvalue weighted by molar-refractivity contribution is 5.74. The highest BCUT2D eigenvalue weighted by Crippen LogP contribution is 2.40. The van der Waals surface area contributed by atoms with E-state index in [0.29, 0.717) is 5.56 Å². The molecule has 1 saturated heterocycles. The van der Waals surface area contributed by atoms with Crippen LogP contribution in [-0.2, 0) is 6.54 Å². The number of hydrogen-bond donors (Lipinski definition) is 1. The molecule has 2 aliphatic rings. The second-order valence-corrected chi connectivity index (χ2v) is 7.30. The largest absolute Gasteiger partial charge is 0.468 e. The summed E-state index contributed by atoms with van der Waals surface area (Å²) in [5.41, 5.74) is 0.836. The molecule has 0 radical (unpaired) electrons. The number of pyridine rings is 1. The lowest BCUT2D eigenvalue weighted by Gasteiger charge is -2.43. The van der Waals surface area contributed by atoms with Gasteiger partial charge in [-0.3, -0.25) is 0 Å². The molecule has 1 aliphatic carbocycles. The molecule has 2 heterocycles. The quantitative estimate of drug-likeness (QED) is 0.798. The van der Waals surface area contributed by atoms with Crippen LogP contribution in [-0.4, -0.2) is 41.8 Å². The molecule has 1 spiro atoms. The van der Waals surface area contributed by atoms with E-state index < -0.39 is 12.8 Å². The summed E-state index contributed by atoms with van der Waals surface area (Å²) in [6, 6.07) is 2.91. The van der Waals surface area contributed by atoms with E-state index in [1.54, 1.807) is 6.07 Å². The predicted molar refractivity (Wildman–Crippen MR) is 94.3 cm³/mol. The number of carbonyl (C=O) groups is 1. The number of ether oxygens (including phenoxy) is 1. The standard InChI is InChI=1S/C19H24F3N3O2/c20-19(21,22)14-27-16-11-15(5-9-23-16)12-24-17(26)25-10-4-8-18(13-25)6-2-1-3-7-18/h1-2,5,9,11H,3-4,6-8,10,12-14H2,(H,24,26)/t18-/m1/s1. The molecular formula is C19H24F3N3O2. The fourth-order valence-electron chi connectivity index (χ4n) is 3.78. The highest BCUT2D eigenvalue weighted by Gasteiger charge is 2.36. The number of amides is 2. The molecule has 0 unspecified atom stereocenters. The third-order valence-electron chi connectivity index (χ3n) is 5.13. The van der Waals surface area contributed by atoms with Crippen molar-refractivity contribution in [3.63, 3.8) is 0 Å². The van der Waals surface area contributed by atoms with Crippen molar-refractivity contribution in [2.75, 3.05) is 19.7 Å². The van der Waals surface area contributed by atoms with E-state index >= 15 is 0 Å². The highest BCUT2D eigenvalue weighted by atomic mass is 19.4. The molecule has 1 aliphatic heterocycles. The van der Waals surface area contributed by atoms with Crippen molar-refractivity contribution in [1.82, 2.24) is 15.2 Å². The van der Waals surface area contributed by atoms with Gasteiger partial charge in [0.05, 0.1) is 0 Å². The molecule has 1 atom stereocenters. The second-order valence-electron chi connectivity index (χ2n) is 7.30. The Balaban J connectivity index is 1.52. The van der Waals surface area contributed by atoms with Crippen LogP contribution in [0.2, 0.25) is 0 Å². The van der Waals surface area contributed by atoms with Gasteiger partial charge in [-0.1, -0.05) is 12.2 Å². The zero-order valence-electron chi connectivity index (χ0n) is 15.1. The van der Waals surface area contributed by atoms with Gasteiger partial charge in [0.15, 0.2) is 6.61 Å². The first-order valence-corrected chi connectivity index (χ1v) is 9.18. The molecule has 148 valence electrons. The molecule has 0 aromatic carbocycles. The van der Waals surface area contributed by atoms with Crippen LogP contribution < -0.4 is 10.1 Å². The minimum absolute atomic E-state index is 0.106. The number of nitrogens with zero attached hydrogens (tertiary/aromatic N) is 2. The van der Waals surface area contributed by atoms with Crippen molar-refractivity contribution in [1.29, 1.82) is 0 Å². The summed E-state index contributed by atoms with van der Waals surface area (Å²) in [5.74, 6) is -0.106. The maximum absolute atomic E-state index is 12.5. The monoisotopic (exact) mass is 383 g/mol. The zero-order chi connectivity index (χ0) is 19.3. The molecule has 3 rings (SSSR count). The van der Waals surface area contributed by atoms with Crippen LogP contribution in [0.3, 0.4) is 0 Å². The zero-order valence-corrected chi connectivity index (χ0v) is 15.1. The molecule has 2 amide bonds. The van der Waals surface area contributed by atoms with Crippen LogP contribution in [0.1, 0.15) is 37.7 Å². The lowest BCUT2D eigenvalue weighted by Crippen LogP contribution is -2.49. The minimum Gasteiger partial charge on any atom is -0.468 e. The van der Waals surface area contributed by atoms with Gasteiger partial charge in [-0.05, 0) is 49.1 Å². The molecule has 5 nitrogen and oxygen atoms in total. The van der Waals surface area contributed by atoms with Crippen molar-refractivity contribution >= 4 is 6.03 Å². The number of likely N-dealkylation sites (tertiary alicyclic amines) is 1. The minimum atomic E-state index is -4.41. The number of alkyl halides is 3. The number of piperidine rings is 1. The van der Waals surface area contributed by atoms with Crippen LogP contribution in [0.4, 0.5) is 18.0 Å². The summed E-state index contributed by atoms with van der Waals surface area (Å²) in [4.78, 5) is 18.2. The SMILES string of the molecule is O=C(NCc1ccnc(OCC(F)(F)F)c1)N1CCC[C@]2(CC=CCC2)C1. The lowest BCUT2D eigenvalue weighted by molar-refractivity contribution is -0.154. The Hall–Kier alpha value is -2.25. The average Bonchev–Trinajstić information content (AvgIpc) is 2.65. The van der Waals surface area contributed by atoms with E-state index in [4.69, 9.17) is 0 Å².